The van der Waals surface area contributed by atoms with Crippen molar-refractivity contribution in [1.82, 2.24) is 30.0 Å². The zero-order valence-electron chi connectivity index (χ0n) is 27.5. The van der Waals surface area contributed by atoms with Crippen LogP contribution in [0.3, 0.4) is 0 Å². The van der Waals surface area contributed by atoms with Gasteiger partial charge in [-0.05, 0) is 71.8 Å². The molecule has 7 aromatic rings. The summed E-state index contributed by atoms with van der Waals surface area (Å²) in [4.78, 5) is 33.4. The molecule has 0 aliphatic carbocycles. The molecule has 260 valence electrons. The van der Waals surface area contributed by atoms with Crippen LogP contribution in [0.2, 0.25) is 0 Å². The number of rotatable bonds is 12. The van der Waals surface area contributed by atoms with Gasteiger partial charge in [-0.1, -0.05) is 48.5 Å². The summed E-state index contributed by atoms with van der Waals surface area (Å²) in [5.74, 6) is -3.52. The van der Waals surface area contributed by atoms with E-state index in [0.717, 1.165) is 17.3 Å². The number of esters is 2. The fourth-order valence-electron chi connectivity index (χ4n) is 5.37. The molecule has 0 saturated carbocycles. The molecule has 0 atom stereocenters. The highest BCUT2D eigenvalue weighted by molar-refractivity contribution is 6.09. The first-order valence-electron chi connectivity index (χ1n) is 16.3. The number of benzene rings is 5. The number of carbonyl (C=O) groups excluding carboxylic acids is 2. The second-order valence-corrected chi connectivity index (χ2v) is 11.7. The van der Waals surface area contributed by atoms with E-state index in [1.54, 1.807) is 36.4 Å². The van der Waals surface area contributed by atoms with E-state index in [0.29, 0.717) is 33.4 Å². The summed E-state index contributed by atoms with van der Waals surface area (Å²) in [7, 11) is 0. The molecule has 0 fully saturated rings. The first-order valence-corrected chi connectivity index (χ1v) is 16.3. The molecule has 14 nitrogen and oxygen atoms in total. The molecule has 2 aromatic heterocycles. The fraction of sp³-hybridized carbons (Fsp3) is 0.132. The van der Waals surface area contributed by atoms with Crippen molar-refractivity contribution >= 4 is 45.9 Å². The van der Waals surface area contributed by atoms with Crippen LogP contribution >= 0.6 is 0 Å². The monoisotopic (exact) mass is 697 g/mol. The van der Waals surface area contributed by atoms with E-state index in [1.165, 1.54) is 33.9 Å². The number of aliphatic imine (C=N–C) groups is 1. The molecule has 0 amide bonds. The first-order chi connectivity index (χ1) is 25.3. The van der Waals surface area contributed by atoms with Crippen molar-refractivity contribution in [3.63, 3.8) is 0 Å². The van der Waals surface area contributed by atoms with Crippen molar-refractivity contribution in [2.24, 2.45) is 10.9 Å². The summed E-state index contributed by atoms with van der Waals surface area (Å²) in [5.41, 5.74) is 4.95. The van der Waals surface area contributed by atoms with E-state index < -0.39 is 17.9 Å². The van der Waals surface area contributed by atoms with E-state index in [9.17, 15) is 24.9 Å². The number of phenolic OH excluding ortho intramolecular Hbond substituents is 3. The number of hydrogen-bond acceptors (Lipinski definition) is 12. The van der Waals surface area contributed by atoms with Gasteiger partial charge >= 0.3 is 11.9 Å². The van der Waals surface area contributed by atoms with Gasteiger partial charge in [-0.3, -0.25) is 14.6 Å². The highest BCUT2D eigenvalue weighted by Crippen LogP contribution is 2.26. The number of aromatic hydroxyl groups is 3. The Hall–Kier alpha value is -7.09. The van der Waals surface area contributed by atoms with Gasteiger partial charge in [-0.25, -0.2) is 0 Å². The van der Waals surface area contributed by atoms with E-state index in [-0.39, 0.29) is 49.0 Å². The zero-order valence-corrected chi connectivity index (χ0v) is 27.5. The van der Waals surface area contributed by atoms with Gasteiger partial charge in [-0.15, -0.1) is 30.0 Å². The number of hydrogen-bond donors (Lipinski definition) is 3. The Kier molecular flexibility index (Phi) is 9.51. The number of aromatic nitrogens is 6. The molecule has 5 aromatic carbocycles. The Morgan fingerprint density at radius 1 is 0.596 bits per heavy atom. The minimum Gasteiger partial charge on any atom is -0.506 e. The Morgan fingerprint density at radius 2 is 1.02 bits per heavy atom. The predicted octanol–water partition coefficient (Wildman–Crippen LogP) is 5.16. The molecule has 7 rings (SSSR count). The van der Waals surface area contributed by atoms with E-state index >= 15 is 0 Å². The maximum Gasteiger partial charge on any atom is 0.325 e. The molecule has 0 aliphatic heterocycles. The highest BCUT2D eigenvalue weighted by Gasteiger charge is 2.28. The average molecular weight is 698 g/mol. The van der Waals surface area contributed by atoms with Crippen LogP contribution < -0.4 is 0 Å². The summed E-state index contributed by atoms with van der Waals surface area (Å²) in [6.45, 7) is -0.197. The predicted molar refractivity (Wildman–Crippen MR) is 190 cm³/mol. The molecule has 0 bridgehead atoms. The quantitative estimate of drug-likeness (QED) is 0.0870. The Morgan fingerprint density at radius 3 is 1.46 bits per heavy atom. The van der Waals surface area contributed by atoms with Gasteiger partial charge in [0, 0.05) is 19.1 Å². The Balaban J connectivity index is 1.01. The van der Waals surface area contributed by atoms with Gasteiger partial charge in [0.05, 0.1) is 13.2 Å². The SMILES string of the molecule is O=C(OCCc1ccc(O)c(-n2nc3ccccc3n2)c1)C(C=Nc1ccccc1O)C(=O)OCCc1ccc(O)c(-n2nc3ccccc3n2)c1. The lowest BCUT2D eigenvalue weighted by Crippen LogP contribution is -2.30. The standard InChI is InChI=1S/C38H31N7O7/c46-34-12-6-5-11-31(34)39-23-26(37(49)51-19-17-24-13-15-35(47)32(21-24)44-40-27-7-1-2-8-28(27)41-44)38(50)52-20-18-25-14-16-36(48)33(22-25)45-42-29-9-3-4-10-30(29)43-45/h1-16,21-23,26,46-48H,17-20H2. The van der Waals surface area contributed by atoms with Crippen LogP contribution in [0.25, 0.3) is 33.4 Å². The van der Waals surface area contributed by atoms with Crippen molar-refractivity contribution in [1.29, 1.82) is 0 Å². The van der Waals surface area contributed by atoms with Crippen molar-refractivity contribution in [3.05, 3.63) is 120 Å². The van der Waals surface area contributed by atoms with Crippen LogP contribution in [-0.4, -0.2) is 76.7 Å². The number of nitrogens with zero attached hydrogens (tertiary/aromatic N) is 7. The summed E-state index contributed by atoms with van der Waals surface area (Å²) in [5, 5.41) is 48.8. The zero-order chi connectivity index (χ0) is 36.0. The third-order valence-electron chi connectivity index (χ3n) is 8.11. The van der Waals surface area contributed by atoms with E-state index in [2.05, 4.69) is 25.4 Å². The number of phenols is 3. The molecule has 0 spiro atoms. The Labute approximate surface area is 295 Å². The smallest absolute Gasteiger partial charge is 0.325 e. The molecule has 0 radical (unpaired) electrons. The Bertz CT molecular complexity index is 2230. The minimum absolute atomic E-state index is 0.0284. The van der Waals surface area contributed by atoms with Gasteiger partial charge in [-0.2, -0.15) is 0 Å². The van der Waals surface area contributed by atoms with Crippen LogP contribution in [0.5, 0.6) is 17.2 Å². The van der Waals surface area contributed by atoms with Crippen LogP contribution in [0.15, 0.2) is 114 Å². The summed E-state index contributed by atoms with van der Waals surface area (Å²) in [6, 6.07) is 30.6. The van der Waals surface area contributed by atoms with Gasteiger partial charge in [0.1, 0.15) is 56.4 Å². The largest absolute Gasteiger partial charge is 0.506 e. The molecule has 52 heavy (non-hydrogen) atoms. The second-order valence-electron chi connectivity index (χ2n) is 11.7. The van der Waals surface area contributed by atoms with Crippen LogP contribution in [0.1, 0.15) is 11.1 Å². The molecule has 2 heterocycles. The van der Waals surface area contributed by atoms with Crippen molar-refractivity contribution in [2.45, 2.75) is 12.8 Å². The molecule has 0 aliphatic rings. The molecule has 14 heteroatoms. The lowest BCUT2D eigenvalue weighted by molar-refractivity contribution is -0.158. The maximum atomic E-state index is 13.3. The van der Waals surface area contributed by atoms with Crippen molar-refractivity contribution in [3.8, 4) is 28.6 Å². The number of fused-ring (bicyclic) bond motifs is 2. The van der Waals surface area contributed by atoms with Gasteiger partial charge < -0.3 is 24.8 Å². The molecule has 0 unspecified atom stereocenters. The minimum atomic E-state index is -1.54. The molecular weight excluding hydrogens is 666 g/mol. The second kappa shape index (κ2) is 14.8. The van der Waals surface area contributed by atoms with Crippen LogP contribution in [0.4, 0.5) is 5.69 Å². The summed E-state index contributed by atoms with van der Waals surface area (Å²) >= 11 is 0. The van der Waals surface area contributed by atoms with Crippen molar-refractivity contribution in [2.75, 3.05) is 13.2 Å². The van der Waals surface area contributed by atoms with E-state index in [4.69, 9.17) is 9.47 Å². The molecular formula is C38H31N7O7. The summed E-state index contributed by atoms with van der Waals surface area (Å²) in [6.07, 6.45) is 1.59. The maximum absolute atomic E-state index is 13.3. The van der Waals surface area contributed by atoms with Gasteiger partial charge in [0.2, 0.25) is 0 Å². The van der Waals surface area contributed by atoms with Gasteiger partial charge in [0.15, 0.2) is 5.92 Å². The third kappa shape index (κ3) is 7.40. The third-order valence-corrected chi connectivity index (χ3v) is 8.11. The lowest BCUT2D eigenvalue weighted by Gasteiger charge is -2.13. The van der Waals surface area contributed by atoms with Gasteiger partial charge in [0.25, 0.3) is 0 Å². The fourth-order valence-corrected chi connectivity index (χ4v) is 5.37. The first kappa shape index (κ1) is 33.4. The van der Waals surface area contributed by atoms with Crippen molar-refractivity contribution < 1.29 is 34.4 Å². The lowest BCUT2D eigenvalue weighted by atomic mass is 10.1. The average Bonchev–Trinajstić information content (AvgIpc) is 3.79. The highest BCUT2D eigenvalue weighted by atomic mass is 16.6. The number of para-hydroxylation sites is 2. The number of carbonyl (C=O) groups is 2. The van der Waals surface area contributed by atoms with E-state index in [1.807, 2.05) is 48.5 Å². The summed E-state index contributed by atoms with van der Waals surface area (Å²) < 4.78 is 11.0. The number of ether oxygens (including phenoxy) is 2. The van der Waals surface area contributed by atoms with Crippen LogP contribution in [0, 0.1) is 5.92 Å². The topological polar surface area (TPSA) is 187 Å². The molecule has 0 saturated heterocycles. The van der Waals surface area contributed by atoms with Crippen LogP contribution in [-0.2, 0) is 31.9 Å². The normalized spacial score (nSPS) is 11.5. The molecule has 3 N–H and O–H groups in total.